The van der Waals surface area contributed by atoms with Gasteiger partial charge in [-0.25, -0.2) is 0 Å². The Hall–Kier alpha value is -0.800. The topological polar surface area (TPSA) is 48.4 Å². The van der Waals surface area contributed by atoms with Crippen molar-refractivity contribution in [1.82, 2.24) is 0 Å². The summed E-state index contributed by atoms with van der Waals surface area (Å²) < 4.78 is 10.5. The van der Waals surface area contributed by atoms with E-state index in [4.69, 9.17) is 14.9 Å². The predicted octanol–water partition coefficient (Wildman–Crippen LogP) is 1.18. The van der Waals surface area contributed by atoms with Crippen molar-refractivity contribution < 1.29 is 9.15 Å². The molecule has 2 heterocycles. The Morgan fingerprint density at radius 3 is 3.00 bits per heavy atom. The Kier molecular flexibility index (Phi) is 2.38. The summed E-state index contributed by atoms with van der Waals surface area (Å²) in [6.07, 6.45) is 4.70. The lowest BCUT2D eigenvalue weighted by molar-refractivity contribution is 0.105. The summed E-state index contributed by atoms with van der Waals surface area (Å²) in [5.74, 6) is 0.428. The summed E-state index contributed by atoms with van der Waals surface area (Å²) in [6.45, 7) is 2.77. The van der Waals surface area contributed by atoms with Crippen molar-refractivity contribution >= 4 is 0 Å². The minimum Gasteiger partial charge on any atom is -0.472 e. The van der Waals surface area contributed by atoms with E-state index in [1.54, 1.807) is 12.5 Å². The highest BCUT2D eigenvalue weighted by atomic mass is 16.5. The Morgan fingerprint density at radius 2 is 2.46 bits per heavy atom. The maximum atomic E-state index is 5.93. The van der Waals surface area contributed by atoms with E-state index in [-0.39, 0.29) is 12.1 Å². The van der Waals surface area contributed by atoms with Crippen LogP contribution >= 0.6 is 0 Å². The van der Waals surface area contributed by atoms with Crippen molar-refractivity contribution in [1.29, 1.82) is 0 Å². The zero-order chi connectivity index (χ0) is 9.26. The third-order valence-electron chi connectivity index (χ3n) is 2.76. The van der Waals surface area contributed by atoms with Gasteiger partial charge in [-0.05, 0) is 25.0 Å². The second-order valence-corrected chi connectivity index (χ2v) is 3.70. The number of ether oxygens (including phenoxy) is 1. The van der Waals surface area contributed by atoms with Crippen LogP contribution in [0.1, 0.15) is 12.5 Å². The molecule has 2 rings (SSSR count). The molecule has 0 spiro atoms. The zero-order valence-electron chi connectivity index (χ0n) is 7.77. The molecular formula is C10H15NO2. The lowest BCUT2D eigenvalue weighted by atomic mass is 9.92. The van der Waals surface area contributed by atoms with E-state index < -0.39 is 0 Å². The molecule has 0 bridgehead atoms. The molecule has 1 aliphatic heterocycles. The molecule has 0 aromatic carbocycles. The molecule has 0 saturated carbocycles. The van der Waals surface area contributed by atoms with Crippen LogP contribution in [0.4, 0.5) is 0 Å². The van der Waals surface area contributed by atoms with Gasteiger partial charge in [0.25, 0.3) is 0 Å². The van der Waals surface area contributed by atoms with E-state index in [9.17, 15) is 0 Å². The van der Waals surface area contributed by atoms with E-state index in [2.05, 4.69) is 6.92 Å². The van der Waals surface area contributed by atoms with Gasteiger partial charge in [-0.2, -0.15) is 0 Å². The quantitative estimate of drug-likeness (QED) is 0.745. The Morgan fingerprint density at radius 1 is 1.62 bits per heavy atom. The molecule has 3 heteroatoms. The third kappa shape index (κ3) is 1.76. The smallest absolute Gasteiger partial charge is 0.0934 e. The highest BCUT2D eigenvalue weighted by Gasteiger charge is 2.31. The van der Waals surface area contributed by atoms with Crippen LogP contribution in [-0.4, -0.2) is 18.8 Å². The molecule has 1 aromatic heterocycles. The molecular weight excluding hydrogens is 166 g/mol. The molecule has 3 unspecified atom stereocenters. The average molecular weight is 181 g/mol. The van der Waals surface area contributed by atoms with Crippen molar-refractivity contribution in [3.63, 3.8) is 0 Å². The average Bonchev–Trinajstić information content (AvgIpc) is 2.70. The number of hydrogen-bond donors (Lipinski definition) is 1. The molecule has 1 fully saturated rings. The molecule has 0 aliphatic carbocycles. The van der Waals surface area contributed by atoms with E-state index in [0.717, 1.165) is 6.42 Å². The first-order valence-electron chi connectivity index (χ1n) is 4.65. The molecule has 1 aliphatic rings. The summed E-state index contributed by atoms with van der Waals surface area (Å²) in [5, 5.41) is 0. The third-order valence-corrected chi connectivity index (χ3v) is 2.76. The summed E-state index contributed by atoms with van der Waals surface area (Å²) in [7, 11) is 0. The van der Waals surface area contributed by atoms with Crippen molar-refractivity contribution in [2.45, 2.75) is 25.5 Å². The van der Waals surface area contributed by atoms with Crippen molar-refractivity contribution in [3.8, 4) is 0 Å². The minimum atomic E-state index is 0.171. The lowest BCUT2D eigenvalue weighted by Gasteiger charge is -2.16. The van der Waals surface area contributed by atoms with Crippen LogP contribution in [0.3, 0.4) is 0 Å². The maximum Gasteiger partial charge on any atom is 0.0934 e. The normalized spacial score (nSPS) is 33.8. The first kappa shape index (κ1) is 8.78. The van der Waals surface area contributed by atoms with Gasteiger partial charge in [0.05, 0.1) is 25.2 Å². The molecule has 1 saturated heterocycles. The number of furan rings is 1. The van der Waals surface area contributed by atoms with Gasteiger partial charge < -0.3 is 14.9 Å². The van der Waals surface area contributed by atoms with E-state index >= 15 is 0 Å². The van der Waals surface area contributed by atoms with Crippen molar-refractivity contribution in [2.75, 3.05) is 6.61 Å². The van der Waals surface area contributed by atoms with Gasteiger partial charge in [-0.15, -0.1) is 0 Å². The van der Waals surface area contributed by atoms with Gasteiger partial charge in [0.1, 0.15) is 0 Å². The standard InChI is InChI=1S/C10H15NO2/c1-7-9(10(11)6-13-7)4-8-2-3-12-5-8/h2-3,5,7,9-10H,4,6,11H2,1H3. The molecule has 3 atom stereocenters. The molecule has 72 valence electrons. The van der Waals surface area contributed by atoms with E-state index in [1.807, 2.05) is 6.07 Å². The highest BCUT2D eigenvalue weighted by Crippen LogP contribution is 2.23. The molecule has 0 radical (unpaired) electrons. The van der Waals surface area contributed by atoms with Crippen LogP contribution in [0.25, 0.3) is 0 Å². The summed E-state index contributed by atoms with van der Waals surface area (Å²) in [6, 6.07) is 2.16. The van der Waals surface area contributed by atoms with Crippen LogP contribution in [0, 0.1) is 5.92 Å². The van der Waals surface area contributed by atoms with Crippen LogP contribution in [0.2, 0.25) is 0 Å². The maximum absolute atomic E-state index is 5.93. The van der Waals surface area contributed by atoms with Crippen molar-refractivity contribution in [3.05, 3.63) is 24.2 Å². The summed E-state index contributed by atoms with van der Waals surface area (Å²) >= 11 is 0. The lowest BCUT2D eigenvalue weighted by Crippen LogP contribution is -2.32. The van der Waals surface area contributed by atoms with Gasteiger partial charge >= 0.3 is 0 Å². The molecule has 13 heavy (non-hydrogen) atoms. The Balaban J connectivity index is 2.01. The van der Waals surface area contributed by atoms with Crippen LogP contribution in [-0.2, 0) is 11.2 Å². The van der Waals surface area contributed by atoms with Gasteiger partial charge in [0.2, 0.25) is 0 Å². The van der Waals surface area contributed by atoms with Gasteiger partial charge in [0.15, 0.2) is 0 Å². The SMILES string of the molecule is CC1OCC(N)C1Cc1ccoc1. The van der Waals surface area contributed by atoms with E-state index in [1.165, 1.54) is 5.56 Å². The fraction of sp³-hybridized carbons (Fsp3) is 0.600. The zero-order valence-corrected chi connectivity index (χ0v) is 7.77. The Labute approximate surface area is 77.9 Å². The first-order valence-corrected chi connectivity index (χ1v) is 4.65. The van der Waals surface area contributed by atoms with Crippen LogP contribution < -0.4 is 5.73 Å². The second kappa shape index (κ2) is 3.52. The fourth-order valence-corrected chi connectivity index (χ4v) is 1.86. The second-order valence-electron chi connectivity index (χ2n) is 3.70. The van der Waals surface area contributed by atoms with Crippen LogP contribution in [0.15, 0.2) is 23.0 Å². The number of nitrogens with two attached hydrogens (primary N) is 1. The first-order chi connectivity index (χ1) is 6.27. The van der Waals surface area contributed by atoms with Crippen LogP contribution in [0.5, 0.6) is 0 Å². The molecule has 3 nitrogen and oxygen atoms in total. The van der Waals surface area contributed by atoms with E-state index in [0.29, 0.717) is 12.5 Å². The fourth-order valence-electron chi connectivity index (χ4n) is 1.86. The summed E-state index contributed by atoms with van der Waals surface area (Å²) in [5.41, 5.74) is 7.14. The Bertz CT molecular complexity index is 248. The van der Waals surface area contributed by atoms with Crippen molar-refractivity contribution in [2.24, 2.45) is 11.7 Å². The molecule has 0 amide bonds. The summed E-state index contributed by atoms with van der Waals surface area (Å²) in [4.78, 5) is 0. The predicted molar refractivity (Wildman–Crippen MR) is 49.3 cm³/mol. The minimum absolute atomic E-state index is 0.171. The largest absolute Gasteiger partial charge is 0.472 e. The molecule has 2 N–H and O–H groups in total. The van der Waals surface area contributed by atoms with Gasteiger partial charge in [0, 0.05) is 12.0 Å². The number of rotatable bonds is 2. The highest BCUT2D eigenvalue weighted by molar-refractivity contribution is 5.08. The monoisotopic (exact) mass is 181 g/mol. The molecule has 1 aromatic rings. The van der Waals surface area contributed by atoms with Gasteiger partial charge in [-0.3, -0.25) is 0 Å². The number of hydrogen-bond acceptors (Lipinski definition) is 3. The van der Waals surface area contributed by atoms with Gasteiger partial charge in [-0.1, -0.05) is 0 Å².